The number of thioether (sulfide) groups is 1. The number of fused-ring (bicyclic) bond motifs is 1. The van der Waals surface area contributed by atoms with E-state index < -0.39 is 16.0 Å². The molecule has 2 rings (SSSR count). The molecule has 0 aromatic heterocycles. The number of carbonyl (C=O) groups excluding carboxylic acids is 2. The predicted octanol–water partition coefficient (Wildman–Crippen LogP) is 0.660. The van der Waals surface area contributed by atoms with Crippen LogP contribution in [0.5, 0.6) is 5.75 Å². The Bertz CT molecular complexity index is 850. The summed E-state index contributed by atoms with van der Waals surface area (Å²) in [5.74, 6) is -0.282. The van der Waals surface area contributed by atoms with Crippen LogP contribution in [0.2, 0.25) is 0 Å². The second-order valence-electron chi connectivity index (χ2n) is 5.06. The smallest absolute Gasteiger partial charge is 0.276 e. The summed E-state index contributed by atoms with van der Waals surface area (Å²) in [5.41, 5.74) is 12.0. The Kier molecular flexibility index (Phi) is 7.80. The number of nitrogens with two attached hydrogens (primary N) is 2. The van der Waals surface area contributed by atoms with Crippen LogP contribution >= 0.6 is 11.8 Å². The maximum absolute atomic E-state index is 11.9. The van der Waals surface area contributed by atoms with Gasteiger partial charge < -0.3 is 16.2 Å². The van der Waals surface area contributed by atoms with Crippen molar-refractivity contribution < 1.29 is 27.3 Å². The first-order valence-electron chi connectivity index (χ1n) is 7.14. The molecular formula is C15H19N3O6S2. The highest BCUT2D eigenvalue weighted by atomic mass is 32.2. The van der Waals surface area contributed by atoms with E-state index in [0.717, 1.165) is 11.8 Å². The van der Waals surface area contributed by atoms with Gasteiger partial charge in [0.2, 0.25) is 5.12 Å². The largest absolute Gasteiger partial charge is 0.492 e. The van der Waals surface area contributed by atoms with Crippen LogP contribution in [0.3, 0.4) is 0 Å². The highest BCUT2D eigenvalue weighted by Crippen LogP contribution is 2.31. The summed E-state index contributed by atoms with van der Waals surface area (Å²) in [7, 11) is -3.67. The van der Waals surface area contributed by atoms with Gasteiger partial charge in [-0.25, -0.2) is 0 Å². The number of hydrogen-bond donors (Lipinski definition) is 3. The van der Waals surface area contributed by atoms with Crippen LogP contribution in [-0.2, 0) is 14.9 Å². The lowest BCUT2D eigenvalue weighted by Crippen LogP contribution is -2.24. The number of para-hydroxylation sites is 1. The zero-order valence-electron chi connectivity index (χ0n) is 14.1. The van der Waals surface area contributed by atoms with E-state index in [0.29, 0.717) is 35.1 Å². The molecule has 0 bridgehead atoms. The first-order valence-corrected chi connectivity index (χ1v) is 10.2. The van der Waals surface area contributed by atoms with Crippen LogP contribution < -0.4 is 16.2 Å². The zero-order valence-corrected chi connectivity index (χ0v) is 15.8. The van der Waals surface area contributed by atoms with Crippen LogP contribution in [0.25, 0.3) is 6.08 Å². The van der Waals surface area contributed by atoms with E-state index in [9.17, 15) is 18.0 Å². The molecule has 0 radical (unpaired) electrons. The van der Waals surface area contributed by atoms with Gasteiger partial charge in [-0.15, -0.1) is 0 Å². The minimum Gasteiger partial charge on any atom is -0.492 e. The molecule has 0 atom stereocenters. The van der Waals surface area contributed by atoms with Crippen LogP contribution in [0.1, 0.15) is 22.3 Å². The molecule has 1 aromatic carbocycles. The van der Waals surface area contributed by atoms with Crippen molar-refractivity contribution in [2.24, 2.45) is 16.5 Å². The molecule has 0 fully saturated rings. The Balaban J connectivity index is 0.000000597. The molecule has 0 aliphatic carbocycles. The maximum atomic E-state index is 11.9. The van der Waals surface area contributed by atoms with Gasteiger partial charge in [0.1, 0.15) is 5.75 Å². The Morgan fingerprint density at radius 2 is 1.92 bits per heavy atom. The van der Waals surface area contributed by atoms with Crippen LogP contribution in [0, 0.1) is 0 Å². The Morgan fingerprint density at radius 1 is 1.31 bits per heavy atom. The minimum atomic E-state index is -3.67. The molecule has 0 spiro atoms. The number of nitrogens with zero attached hydrogens (tertiary/aromatic N) is 1. The molecule has 5 N–H and O–H groups in total. The van der Waals surface area contributed by atoms with Crippen molar-refractivity contribution in [1.82, 2.24) is 0 Å². The van der Waals surface area contributed by atoms with Gasteiger partial charge in [0.25, 0.3) is 16.0 Å². The summed E-state index contributed by atoms with van der Waals surface area (Å²) >= 11 is 1.11. The molecule has 0 unspecified atom stereocenters. The molecule has 1 aliphatic heterocycles. The van der Waals surface area contributed by atoms with Gasteiger partial charge in [-0.2, -0.15) is 13.4 Å². The normalized spacial score (nSPS) is 13.0. The van der Waals surface area contributed by atoms with E-state index in [2.05, 4.69) is 4.99 Å². The van der Waals surface area contributed by atoms with Crippen molar-refractivity contribution in [3.63, 3.8) is 0 Å². The number of ether oxygens (including phenoxy) is 1. The summed E-state index contributed by atoms with van der Waals surface area (Å²) < 4.78 is 31.5. The lowest BCUT2D eigenvalue weighted by molar-refractivity contribution is -0.114. The first-order chi connectivity index (χ1) is 12.0. The lowest BCUT2D eigenvalue weighted by atomic mass is 10.1. The number of benzene rings is 1. The van der Waals surface area contributed by atoms with Crippen molar-refractivity contribution in [3.05, 3.63) is 34.9 Å². The van der Waals surface area contributed by atoms with Crippen molar-refractivity contribution in [2.75, 3.05) is 19.1 Å². The van der Waals surface area contributed by atoms with E-state index in [4.69, 9.17) is 20.8 Å². The maximum Gasteiger partial charge on any atom is 0.276 e. The summed E-state index contributed by atoms with van der Waals surface area (Å²) in [6.07, 6.45) is 4.46. The Hall–Kier alpha value is -2.37. The molecule has 142 valence electrons. The molecular weight excluding hydrogens is 382 g/mol. The first kappa shape index (κ1) is 21.7. The van der Waals surface area contributed by atoms with Crippen LogP contribution in [-0.4, -0.2) is 49.1 Å². The second-order valence-corrected chi connectivity index (χ2v) is 7.30. The Morgan fingerprint density at radius 3 is 2.46 bits per heavy atom. The van der Waals surface area contributed by atoms with Crippen LogP contribution in [0.15, 0.2) is 28.8 Å². The number of carbonyl (C=O) groups is 2. The third kappa shape index (κ3) is 7.25. The Labute approximate surface area is 155 Å². The fourth-order valence-electron chi connectivity index (χ4n) is 1.98. The third-order valence-electron chi connectivity index (χ3n) is 2.90. The summed E-state index contributed by atoms with van der Waals surface area (Å²) in [6.45, 7) is 0.281. The number of guanidine groups is 1. The number of rotatable bonds is 2. The standard InChI is InChI=1S/C14H15N3O3S.CH4O3S/c1-21-13(19)10-4-2-3-8-7-9(5-6-20-11(8)10)12(18)17-14(15)16;1-5(2,3)4/h2-4,7H,5-6H2,1H3,(H4,15,16,17,18);1H3,(H,2,3,4). The molecule has 0 saturated heterocycles. The molecule has 26 heavy (non-hydrogen) atoms. The van der Waals surface area contributed by atoms with Gasteiger partial charge in [-0.3, -0.25) is 14.1 Å². The van der Waals surface area contributed by atoms with E-state index in [1.54, 1.807) is 30.5 Å². The van der Waals surface area contributed by atoms with Crippen molar-refractivity contribution >= 4 is 44.9 Å². The van der Waals surface area contributed by atoms with E-state index >= 15 is 0 Å². The zero-order chi connectivity index (χ0) is 19.9. The van der Waals surface area contributed by atoms with Gasteiger partial charge in [-0.05, 0) is 18.4 Å². The number of aliphatic imine (C=N–C) groups is 1. The fraction of sp³-hybridized carbons (Fsp3) is 0.267. The monoisotopic (exact) mass is 401 g/mol. The lowest BCUT2D eigenvalue weighted by Gasteiger charge is -2.10. The topological polar surface area (TPSA) is 162 Å². The average molecular weight is 401 g/mol. The van der Waals surface area contributed by atoms with Crippen molar-refractivity contribution in [1.29, 1.82) is 0 Å². The van der Waals surface area contributed by atoms with E-state index in [-0.39, 0.29) is 17.7 Å². The molecule has 0 saturated carbocycles. The fourth-order valence-corrected chi connectivity index (χ4v) is 2.36. The van der Waals surface area contributed by atoms with Gasteiger partial charge in [-0.1, -0.05) is 23.9 Å². The number of hydrogen-bond acceptors (Lipinski definition) is 6. The third-order valence-corrected chi connectivity index (χ3v) is 3.49. The van der Waals surface area contributed by atoms with E-state index in [1.165, 1.54) is 0 Å². The van der Waals surface area contributed by atoms with Gasteiger partial charge >= 0.3 is 0 Å². The van der Waals surface area contributed by atoms with Crippen molar-refractivity contribution in [2.45, 2.75) is 6.42 Å². The molecule has 9 nitrogen and oxygen atoms in total. The number of amides is 1. The highest BCUT2D eigenvalue weighted by molar-refractivity contribution is 8.13. The SMILES string of the molecule is CS(=O)(=O)O.CSC(=O)c1cccc2c1OCCC(C(=O)N=C(N)N)=C2. The molecule has 11 heteroatoms. The predicted molar refractivity (Wildman–Crippen MR) is 101 cm³/mol. The second kappa shape index (κ2) is 9.36. The summed E-state index contributed by atoms with van der Waals surface area (Å²) in [5, 5.41) is -0.0840. The van der Waals surface area contributed by atoms with Gasteiger partial charge in [0, 0.05) is 17.6 Å². The minimum absolute atomic E-state index is 0.0840. The van der Waals surface area contributed by atoms with Gasteiger partial charge in [0.05, 0.1) is 18.4 Å². The van der Waals surface area contributed by atoms with Gasteiger partial charge in [0.15, 0.2) is 5.96 Å². The molecule has 1 amide bonds. The highest BCUT2D eigenvalue weighted by Gasteiger charge is 2.20. The molecule has 1 aromatic rings. The average Bonchev–Trinajstić information content (AvgIpc) is 2.74. The van der Waals surface area contributed by atoms with Crippen molar-refractivity contribution in [3.8, 4) is 5.75 Å². The van der Waals surface area contributed by atoms with E-state index in [1.807, 2.05) is 0 Å². The van der Waals surface area contributed by atoms with Crippen LogP contribution in [0.4, 0.5) is 0 Å². The summed E-state index contributed by atoms with van der Waals surface area (Å²) in [6, 6.07) is 5.23. The molecule has 1 aliphatic rings. The molecule has 1 heterocycles. The quantitative estimate of drug-likeness (QED) is 0.367. The summed E-state index contributed by atoms with van der Waals surface area (Å²) in [4.78, 5) is 27.3.